The van der Waals surface area contributed by atoms with E-state index in [1.807, 2.05) is 6.92 Å². The molecule has 1 amide bonds. The van der Waals surface area contributed by atoms with Gasteiger partial charge in [0.1, 0.15) is 0 Å². The lowest BCUT2D eigenvalue weighted by molar-refractivity contribution is -0.121. The molecule has 1 saturated heterocycles. The van der Waals surface area contributed by atoms with Crippen molar-refractivity contribution >= 4 is 5.91 Å². The zero-order chi connectivity index (χ0) is 22.0. The highest BCUT2D eigenvalue weighted by Gasteiger charge is 2.42. The van der Waals surface area contributed by atoms with E-state index in [0.29, 0.717) is 23.8 Å². The lowest BCUT2D eigenvalue weighted by Crippen LogP contribution is -2.43. The minimum Gasteiger partial charge on any atom is -0.356 e. The standard InChI is InChI=1S/C27H48N2O/c1-6-26(30)28-21-25-19-27(7-2,20-25)18-23(5)12-9-8-10-13-24-14-11-16-29(17-15-24)22(3)4/h13,22,25H,5-12,14-21H2,1-4H3,(H,28,30)/b24-13-. The molecule has 0 aromatic carbocycles. The first kappa shape index (κ1) is 25.2. The molecule has 0 aromatic heterocycles. The molecule has 1 aliphatic carbocycles. The number of hydrogen-bond acceptors (Lipinski definition) is 2. The van der Waals surface area contributed by atoms with E-state index in [1.165, 1.54) is 89.3 Å². The highest BCUT2D eigenvalue weighted by atomic mass is 16.1. The Morgan fingerprint density at radius 1 is 1.23 bits per heavy atom. The first-order chi connectivity index (χ1) is 14.4. The van der Waals surface area contributed by atoms with Crippen LogP contribution in [0.3, 0.4) is 0 Å². The Bertz CT molecular complexity index is 571. The van der Waals surface area contributed by atoms with Crippen LogP contribution in [0.5, 0.6) is 0 Å². The second-order valence-corrected chi connectivity index (χ2v) is 10.3. The Morgan fingerprint density at radius 2 is 2.00 bits per heavy atom. The maximum Gasteiger partial charge on any atom is 0.219 e. The maximum atomic E-state index is 11.5. The zero-order valence-corrected chi connectivity index (χ0v) is 20.4. The van der Waals surface area contributed by atoms with E-state index in [4.69, 9.17) is 0 Å². The van der Waals surface area contributed by atoms with Crippen molar-refractivity contribution in [1.82, 2.24) is 10.2 Å². The summed E-state index contributed by atoms with van der Waals surface area (Å²) in [7, 11) is 0. The van der Waals surface area contributed by atoms with E-state index in [1.54, 1.807) is 5.57 Å². The Balaban J connectivity index is 1.60. The van der Waals surface area contributed by atoms with Crippen LogP contribution in [-0.2, 0) is 4.79 Å². The lowest BCUT2D eigenvalue weighted by Gasteiger charge is -2.48. The van der Waals surface area contributed by atoms with Gasteiger partial charge in [-0.2, -0.15) is 0 Å². The smallest absolute Gasteiger partial charge is 0.219 e. The average molecular weight is 417 g/mol. The predicted molar refractivity (Wildman–Crippen MR) is 130 cm³/mol. The summed E-state index contributed by atoms with van der Waals surface area (Å²) in [5.74, 6) is 0.857. The van der Waals surface area contributed by atoms with E-state index < -0.39 is 0 Å². The molecule has 0 aromatic rings. The number of nitrogens with zero attached hydrogens (tertiary/aromatic N) is 1. The number of likely N-dealkylation sites (tertiary alicyclic amines) is 1. The lowest BCUT2D eigenvalue weighted by atomic mass is 9.58. The molecule has 1 aliphatic heterocycles. The second kappa shape index (κ2) is 12.7. The Hall–Kier alpha value is -1.09. The Morgan fingerprint density at radius 3 is 2.67 bits per heavy atom. The minimum atomic E-state index is 0.185. The van der Waals surface area contributed by atoms with Crippen molar-refractivity contribution < 1.29 is 4.79 Å². The van der Waals surface area contributed by atoms with Crippen LogP contribution in [0.2, 0.25) is 0 Å². The number of allylic oxidation sites excluding steroid dienone is 2. The highest BCUT2D eigenvalue weighted by Crippen LogP contribution is 2.52. The number of unbranched alkanes of at least 4 members (excludes halogenated alkanes) is 2. The highest BCUT2D eigenvalue weighted by molar-refractivity contribution is 5.75. The van der Waals surface area contributed by atoms with Crippen LogP contribution in [0.1, 0.15) is 105 Å². The third kappa shape index (κ3) is 8.21. The summed E-state index contributed by atoms with van der Waals surface area (Å²) in [6.45, 7) is 16.7. The van der Waals surface area contributed by atoms with Crippen LogP contribution in [0.25, 0.3) is 0 Å². The molecule has 3 heteroatoms. The van der Waals surface area contributed by atoms with Crippen LogP contribution in [0.15, 0.2) is 23.8 Å². The van der Waals surface area contributed by atoms with Gasteiger partial charge in [-0.15, -0.1) is 0 Å². The fourth-order valence-corrected chi connectivity index (χ4v) is 5.45. The molecule has 0 bridgehead atoms. The van der Waals surface area contributed by atoms with Crippen LogP contribution in [0, 0.1) is 11.3 Å². The molecule has 0 atom stereocenters. The van der Waals surface area contributed by atoms with Crippen molar-refractivity contribution in [3.8, 4) is 0 Å². The third-order valence-corrected chi connectivity index (χ3v) is 7.54. The van der Waals surface area contributed by atoms with Crippen molar-refractivity contribution in [1.29, 1.82) is 0 Å². The van der Waals surface area contributed by atoms with Gasteiger partial charge in [-0.3, -0.25) is 4.79 Å². The Labute approximate surface area is 186 Å². The number of carbonyl (C=O) groups is 1. The monoisotopic (exact) mass is 416 g/mol. The summed E-state index contributed by atoms with van der Waals surface area (Å²) >= 11 is 0. The average Bonchev–Trinajstić information content (AvgIpc) is 2.94. The molecule has 1 N–H and O–H groups in total. The summed E-state index contributed by atoms with van der Waals surface area (Å²) in [6.07, 6.45) is 17.0. The largest absolute Gasteiger partial charge is 0.356 e. The molecule has 30 heavy (non-hydrogen) atoms. The van der Waals surface area contributed by atoms with E-state index in [0.717, 1.165) is 6.54 Å². The number of rotatable bonds is 12. The van der Waals surface area contributed by atoms with Crippen LogP contribution in [-0.4, -0.2) is 36.5 Å². The van der Waals surface area contributed by atoms with Gasteiger partial charge in [0.15, 0.2) is 0 Å². The molecule has 0 spiro atoms. The minimum absolute atomic E-state index is 0.185. The molecule has 1 saturated carbocycles. The molecule has 2 aliphatic rings. The van der Waals surface area contributed by atoms with Gasteiger partial charge in [-0.05, 0) is 95.9 Å². The van der Waals surface area contributed by atoms with E-state index in [2.05, 4.69) is 43.6 Å². The van der Waals surface area contributed by atoms with Gasteiger partial charge in [0.05, 0.1) is 0 Å². The number of carbonyl (C=O) groups excluding carboxylic acids is 1. The molecule has 0 unspecified atom stereocenters. The predicted octanol–water partition coefficient (Wildman–Crippen LogP) is 6.65. The summed E-state index contributed by atoms with van der Waals surface area (Å²) in [5, 5.41) is 3.07. The maximum absolute atomic E-state index is 11.5. The van der Waals surface area contributed by atoms with Gasteiger partial charge in [0.2, 0.25) is 5.91 Å². The fourth-order valence-electron chi connectivity index (χ4n) is 5.45. The van der Waals surface area contributed by atoms with Crippen molar-refractivity contribution in [2.75, 3.05) is 19.6 Å². The quantitative estimate of drug-likeness (QED) is 0.285. The van der Waals surface area contributed by atoms with E-state index >= 15 is 0 Å². The molecular formula is C27H48N2O. The topological polar surface area (TPSA) is 32.3 Å². The molecular weight excluding hydrogens is 368 g/mol. The van der Waals surface area contributed by atoms with Crippen molar-refractivity contribution in [3.05, 3.63) is 23.8 Å². The molecule has 0 radical (unpaired) electrons. The fraction of sp³-hybridized carbons (Fsp3) is 0.815. The van der Waals surface area contributed by atoms with Gasteiger partial charge in [-0.1, -0.05) is 44.1 Å². The molecule has 2 fully saturated rings. The summed E-state index contributed by atoms with van der Waals surface area (Å²) in [6, 6.07) is 0.683. The third-order valence-electron chi connectivity index (χ3n) is 7.54. The first-order valence-corrected chi connectivity index (χ1v) is 12.7. The summed E-state index contributed by atoms with van der Waals surface area (Å²) in [4.78, 5) is 14.1. The van der Waals surface area contributed by atoms with Crippen molar-refractivity contribution in [2.24, 2.45) is 11.3 Å². The van der Waals surface area contributed by atoms with Gasteiger partial charge < -0.3 is 10.2 Å². The number of hydrogen-bond donors (Lipinski definition) is 1. The zero-order valence-electron chi connectivity index (χ0n) is 20.4. The van der Waals surface area contributed by atoms with Crippen LogP contribution < -0.4 is 5.32 Å². The van der Waals surface area contributed by atoms with E-state index in [-0.39, 0.29) is 5.91 Å². The van der Waals surface area contributed by atoms with Crippen molar-refractivity contribution in [2.45, 2.75) is 111 Å². The SMILES string of the molecule is C=C(CCCC/C=C1/CCCN(C(C)C)CC1)CC1(CC)CC(CNC(=O)CC)C1. The van der Waals surface area contributed by atoms with Gasteiger partial charge in [0.25, 0.3) is 0 Å². The Kier molecular flexibility index (Phi) is 10.6. The van der Waals surface area contributed by atoms with E-state index in [9.17, 15) is 4.79 Å². The second-order valence-electron chi connectivity index (χ2n) is 10.3. The normalized spacial score (nSPS) is 26.4. The van der Waals surface area contributed by atoms with Crippen molar-refractivity contribution in [3.63, 3.8) is 0 Å². The van der Waals surface area contributed by atoms with Crippen LogP contribution in [0.4, 0.5) is 0 Å². The van der Waals surface area contributed by atoms with Crippen LogP contribution >= 0.6 is 0 Å². The molecule has 3 nitrogen and oxygen atoms in total. The summed E-state index contributed by atoms with van der Waals surface area (Å²) < 4.78 is 0. The number of amides is 1. The van der Waals surface area contributed by atoms with Gasteiger partial charge >= 0.3 is 0 Å². The first-order valence-electron chi connectivity index (χ1n) is 12.7. The van der Waals surface area contributed by atoms with Gasteiger partial charge in [-0.25, -0.2) is 0 Å². The summed E-state index contributed by atoms with van der Waals surface area (Å²) in [5.41, 5.74) is 3.60. The van der Waals surface area contributed by atoms with Gasteiger partial charge in [0, 0.05) is 25.6 Å². The molecule has 2 rings (SSSR count). The number of nitrogens with one attached hydrogen (secondary N) is 1. The molecule has 1 heterocycles. The molecule has 172 valence electrons.